The second-order valence-corrected chi connectivity index (χ2v) is 6.51. The molecule has 1 aliphatic heterocycles. The van der Waals surface area contributed by atoms with E-state index in [9.17, 15) is 4.79 Å². The van der Waals surface area contributed by atoms with Crippen molar-refractivity contribution in [2.24, 2.45) is 0 Å². The zero-order valence-corrected chi connectivity index (χ0v) is 15.0. The predicted octanol–water partition coefficient (Wildman–Crippen LogP) is 2.86. The third kappa shape index (κ3) is 4.91. The van der Waals surface area contributed by atoms with Crippen LogP contribution in [0, 0.1) is 0 Å². The fraction of sp³-hybridized carbons (Fsp3) is 0.381. The van der Waals surface area contributed by atoms with E-state index in [0.29, 0.717) is 13.1 Å². The molecule has 132 valence electrons. The topological polar surface area (TPSA) is 26.8 Å². The van der Waals surface area contributed by atoms with Gasteiger partial charge in [0.15, 0.2) is 0 Å². The van der Waals surface area contributed by atoms with E-state index in [1.165, 1.54) is 5.56 Å². The van der Waals surface area contributed by atoms with Crippen LogP contribution in [0.2, 0.25) is 0 Å². The van der Waals surface area contributed by atoms with Gasteiger partial charge in [0, 0.05) is 45.0 Å². The van der Waals surface area contributed by atoms with E-state index in [1.54, 1.807) is 0 Å². The lowest BCUT2D eigenvalue weighted by Gasteiger charge is -2.35. The van der Waals surface area contributed by atoms with Gasteiger partial charge >= 0.3 is 0 Å². The summed E-state index contributed by atoms with van der Waals surface area (Å²) in [6, 6.07) is 20.5. The molecular formula is C21H27N3O. The summed E-state index contributed by atoms with van der Waals surface area (Å²) in [6.07, 6.45) is 0. The van der Waals surface area contributed by atoms with Crippen LogP contribution in [-0.4, -0.2) is 55.0 Å². The Balaban J connectivity index is 1.49. The molecule has 0 aromatic heterocycles. The van der Waals surface area contributed by atoms with Crippen LogP contribution in [-0.2, 0) is 11.3 Å². The maximum Gasteiger partial charge on any atom is 0.241 e. The minimum Gasteiger partial charge on any atom is -0.312 e. The van der Waals surface area contributed by atoms with E-state index in [4.69, 9.17) is 0 Å². The van der Waals surface area contributed by atoms with Gasteiger partial charge in [-0.25, -0.2) is 0 Å². The van der Waals surface area contributed by atoms with Gasteiger partial charge in [0.2, 0.25) is 5.91 Å². The normalized spacial score (nSPS) is 15.9. The van der Waals surface area contributed by atoms with Crippen molar-refractivity contribution in [3.05, 3.63) is 66.2 Å². The van der Waals surface area contributed by atoms with Crippen molar-refractivity contribution in [1.82, 2.24) is 9.80 Å². The zero-order chi connectivity index (χ0) is 17.5. The zero-order valence-electron chi connectivity index (χ0n) is 15.0. The maximum absolute atomic E-state index is 12.7. The Labute approximate surface area is 150 Å². The van der Waals surface area contributed by atoms with Crippen molar-refractivity contribution >= 4 is 11.6 Å². The molecule has 1 amide bonds. The number of piperazine rings is 1. The molecule has 2 aromatic rings. The number of para-hydroxylation sites is 1. The van der Waals surface area contributed by atoms with E-state index in [0.717, 1.165) is 38.4 Å². The molecule has 0 saturated carbocycles. The van der Waals surface area contributed by atoms with Crippen molar-refractivity contribution < 1.29 is 4.79 Å². The average Bonchev–Trinajstić information content (AvgIpc) is 2.66. The first-order valence-electron chi connectivity index (χ1n) is 9.10. The molecule has 3 rings (SSSR count). The molecule has 25 heavy (non-hydrogen) atoms. The van der Waals surface area contributed by atoms with Crippen LogP contribution in [0.25, 0.3) is 0 Å². The lowest BCUT2D eigenvalue weighted by Crippen LogP contribution is -2.49. The second kappa shape index (κ2) is 8.79. The van der Waals surface area contributed by atoms with Crippen LogP contribution in [0.1, 0.15) is 12.5 Å². The van der Waals surface area contributed by atoms with Gasteiger partial charge in [-0.05, 0) is 24.6 Å². The fourth-order valence-corrected chi connectivity index (χ4v) is 3.33. The molecule has 0 bridgehead atoms. The highest BCUT2D eigenvalue weighted by Crippen LogP contribution is 2.14. The molecule has 1 saturated heterocycles. The fourth-order valence-electron chi connectivity index (χ4n) is 3.33. The third-order valence-electron chi connectivity index (χ3n) is 4.76. The van der Waals surface area contributed by atoms with Crippen LogP contribution in [0.3, 0.4) is 0 Å². The molecule has 0 spiro atoms. The van der Waals surface area contributed by atoms with Gasteiger partial charge in [0.25, 0.3) is 0 Å². The Kier molecular flexibility index (Phi) is 6.20. The SMILES string of the molecule is CCN(C(=O)CN1CCN(Cc2ccccc2)CC1)c1ccccc1. The standard InChI is InChI=1S/C21H27N3O/c1-2-24(20-11-7-4-8-12-20)21(25)18-23-15-13-22(14-16-23)17-19-9-5-3-6-10-19/h3-12H,2,13-18H2,1H3. The summed E-state index contributed by atoms with van der Waals surface area (Å²) in [4.78, 5) is 19.3. The van der Waals surface area contributed by atoms with Gasteiger partial charge in [0.1, 0.15) is 0 Å². The highest BCUT2D eigenvalue weighted by atomic mass is 16.2. The quantitative estimate of drug-likeness (QED) is 0.811. The Morgan fingerprint density at radius 3 is 2.04 bits per heavy atom. The summed E-state index contributed by atoms with van der Waals surface area (Å²) >= 11 is 0. The van der Waals surface area contributed by atoms with Crippen molar-refractivity contribution in [3.63, 3.8) is 0 Å². The minimum atomic E-state index is 0.185. The van der Waals surface area contributed by atoms with Crippen LogP contribution < -0.4 is 4.90 Å². The molecule has 0 aliphatic carbocycles. The molecule has 4 nitrogen and oxygen atoms in total. The molecule has 2 aromatic carbocycles. The molecule has 0 unspecified atom stereocenters. The van der Waals surface area contributed by atoms with E-state index in [1.807, 2.05) is 42.2 Å². The first-order chi connectivity index (χ1) is 12.3. The Bertz CT molecular complexity index is 651. The number of carbonyl (C=O) groups excluding carboxylic acids is 1. The molecule has 0 N–H and O–H groups in total. The highest BCUT2D eigenvalue weighted by molar-refractivity contribution is 5.94. The number of hydrogen-bond donors (Lipinski definition) is 0. The number of nitrogens with zero attached hydrogens (tertiary/aromatic N) is 3. The number of benzene rings is 2. The predicted molar refractivity (Wildman–Crippen MR) is 103 cm³/mol. The Morgan fingerprint density at radius 1 is 0.880 bits per heavy atom. The van der Waals surface area contributed by atoms with E-state index in [-0.39, 0.29) is 5.91 Å². The van der Waals surface area contributed by atoms with Crippen LogP contribution in [0.4, 0.5) is 5.69 Å². The monoisotopic (exact) mass is 337 g/mol. The number of amides is 1. The molecule has 0 atom stereocenters. The lowest BCUT2D eigenvalue weighted by atomic mass is 10.2. The summed E-state index contributed by atoms with van der Waals surface area (Å²) in [5, 5.41) is 0. The Morgan fingerprint density at radius 2 is 1.44 bits per heavy atom. The van der Waals surface area contributed by atoms with E-state index < -0.39 is 0 Å². The molecule has 1 heterocycles. The van der Waals surface area contributed by atoms with E-state index in [2.05, 4.69) is 40.1 Å². The van der Waals surface area contributed by atoms with Crippen LogP contribution >= 0.6 is 0 Å². The second-order valence-electron chi connectivity index (χ2n) is 6.51. The molecule has 0 radical (unpaired) electrons. The van der Waals surface area contributed by atoms with Gasteiger partial charge in [-0.15, -0.1) is 0 Å². The summed E-state index contributed by atoms with van der Waals surface area (Å²) in [6.45, 7) is 8.16. The number of rotatable bonds is 6. The average molecular weight is 337 g/mol. The van der Waals surface area contributed by atoms with Crippen molar-refractivity contribution in [2.45, 2.75) is 13.5 Å². The Hall–Kier alpha value is -2.17. The third-order valence-corrected chi connectivity index (χ3v) is 4.76. The van der Waals surface area contributed by atoms with Crippen molar-refractivity contribution in [1.29, 1.82) is 0 Å². The summed E-state index contributed by atoms with van der Waals surface area (Å²) in [5.74, 6) is 0.185. The van der Waals surface area contributed by atoms with Gasteiger partial charge in [-0.3, -0.25) is 14.6 Å². The largest absolute Gasteiger partial charge is 0.312 e. The maximum atomic E-state index is 12.7. The van der Waals surface area contributed by atoms with E-state index >= 15 is 0 Å². The number of likely N-dealkylation sites (N-methyl/N-ethyl adjacent to an activating group) is 1. The van der Waals surface area contributed by atoms with Crippen molar-refractivity contribution in [3.8, 4) is 0 Å². The molecule has 4 heteroatoms. The lowest BCUT2D eigenvalue weighted by molar-refractivity contribution is -0.120. The summed E-state index contributed by atoms with van der Waals surface area (Å²) in [7, 11) is 0. The number of anilines is 1. The number of hydrogen-bond acceptors (Lipinski definition) is 3. The minimum absolute atomic E-state index is 0.185. The first kappa shape index (κ1) is 17.6. The van der Waals surface area contributed by atoms with Gasteiger partial charge in [-0.2, -0.15) is 0 Å². The van der Waals surface area contributed by atoms with Crippen LogP contribution in [0.5, 0.6) is 0 Å². The van der Waals surface area contributed by atoms with Gasteiger partial charge in [0.05, 0.1) is 6.54 Å². The van der Waals surface area contributed by atoms with Gasteiger partial charge < -0.3 is 4.90 Å². The number of carbonyl (C=O) groups is 1. The smallest absolute Gasteiger partial charge is 0.241 e. The molecular weight excluding hydrogens is 310 g/mol. The van der Waals surface area contributed by atoms with Crippen LogP contribution in [0.15, 0.2) is 60.7 Å². The van der Waals surface area contributed by atoms with Crippen molar-refractivity contribution in [2.75, 3.05) is 44.2 Å². The summed E-state index contributed by atoms with van der Waals surface area (Å²) in [5.41, 5.74) is 2.34. The molecule has 1 aliphatic rings. The summed E-state index contributed by atoms with van der Waals surface area (Å²) < 4.78 is 0. The molecule has 1 fully saturated rings. The first-order valence-corrected chi connectivity index (χ1v) is 9.10. The van der Waals surface area contributed by atoms with Gasteiger partial charge in [-0.1, -0.05) is 48.5 Å². The highest BCUT2D eigenvalue weighted by Gasteiger charge is 2.21.